The SMILES string of the molecule is Cc1cc(C(=O)N2CCCN(Cc3ccc(C#N)cc3)CC2)c(C)n1-c1cccnc1. The van der Waals surface area contributed by atoms with E-state index in [2.05, 4.69) is 20.5 Å². The van der Waals surface area contributed by atoms with E-state index in [-0.39, 0.29) is 5.91 Å². The van der Waals surface area contributed by atoms with Crippen molar-refractivity contribution >= 4 is 5.91 Å². The van der Waals surface area contributed by atoms with Crippen molar-refractivity contribution < 1.29 is 4.79 Å². The van der Waals surface area contributed by atoms with Crippen LogP contribution in [-0.4, -0.2) is 51.4 Å². The number of rotatable bonds is 4. The highest BCUT2D eigenvalue weighted by molar-refractivity contribution is 5.96. The van der Waals surface area contributed by atoms with Gasteiger partial charge in [0.2, 0.25) is 0 Å². The lowest BCUT2D eigenvalue weighted by Gasteiger charge is -2.22. The maximum Gasteiger partial charge on any atom is 0.255 e. The molecule has 0 aliphatic carbocycles. The molecule has 1 fully saturated rings. The van der Waals surface area contributed by atoms with Crippen LogP contribution in [0.4, 0.5) is 0 Å². The lowest BCUT2D eigenvalue weighted by Crippen LogP contribution is -2.35. The average Bonchev–Trinajstić information content (AvgIpc) is 2.94. The molecule has 1 aliphatic rings. The number of pyridine rings is 1. The lowest BCUT2D eigenvalue weighted by atomic mass is 10.1. The van der Waals surface area contributed by atoms with Crippen molar-refractivity contribution in [1.29, 1.82) is 5.26 Å². The summed E-state index contributed by atoms with van der Waals surface area (Å²) in [5.74, 6) is 0.100. The van der Waals surface area contributed by atoms with E-state index < -0.39 is 0 Å². The Morgan fingerprint density at radius 3 is 2.61 bits per heavy atom. The molecule has 0 atom stereocenters. The number of aromatic nitrogens is 2. The highest BCUT2D eigenvalue weighted by atomic mass is 16.2. The molecule has 1 amide bonds. The molecule has 3 aromatic rings. The van der Waals surface area contributed by atoms with Crippen LogP contribution in [0.15, 0.2) is 54.9 Å². The molecule has 0 N–H and O–H groups in total. The standard InChI is InChI=1S/C25H27N5O/c1-19-15-24(20(2)30(19)23-5-3-10-27-17-23)25(31)29-12-4-11-28(13-14-29)18-22-8-6-21(16-26)7-9-22/h3,5-10,15,17H,4,11-14,18H2,1-2H3. The van der Waals surface area contributed by atoms with Crippen LogP contribution >= 0.6 is 0 Å². The maximum absolute atomic E-state index is 13.4. The Morgan fingerprint density at radius 2 is 1.90 bits per heavy atom. The third kappa shape index (κ3) is 4.52. The molecule has 158 valence electrons. The summed E-state index contributed by atoms with van der Waals surface area (Å²) < 4.78 is 2.09. The maximum atomic E-state index is 13.4. The van der Waals surface area contributed by atoms with Gasteiger partial charge in [-0.1, -0.05) is 12.1 Å². The van der Waals surface area contributed by atoms with Crippen LogP contribution in [0.3, 0.4) is 0 Å². The Bertz CT molecular complexity index is 1100. The Labute approximate surface area is 183 Å². The van der Waals surface area contributed by atoms with Crippen LogP contribution in [0.5, 0.6) is 0 Å². The summed E-state index contributed by atoms with van der Waals surface area (Å²) >= 11 is 0. The molecule has 0 unspecified atom stereocenters. The topological polar surface area (TPSA) is 65.2 Å². The molecule has 6 heteroatoms. The molecule has 0 saturated carbocycles. The second kappa shape index (κ2) is 9.15. The average molecular weight is 414 g/mol. The second-order valence-corrected chi connectivity index (χ2v) is 8.06. The molecule has 2 aromatic heterocycles. The first-order valence-electron chi connectivity index (χ1n) is 10.7. The third-order valence-corrected chi connectivity index (χ3v) is 5.93. The first-order chi connectivity index (χ1) is 15.1. The quantitative estimate of drug-likeness (QED) is 0.654. The first-order valence-corrected chi connectivity index (χ1v) is 10.7. The fourth-order valence-electron chi connectivity index (χ4n) is 4.31. The van der Waals surface area contributed by atoms with Gasteiger partial charge in [0.15, 0.2) is 0 Å². The summed E-state index contributed by atoms with van der Waals surface area (Å²) in [6.07, 6.45) is 4.52. The predicted molar refractivity (Wildman–Crippen MR) is 120 cm³/mol. The van der Waals surface area contributed by atoms with Gasteiger partial charge in [-0.2, -0.15) is 5.26 Å². The van der Waals surface area contributed by atoms with Crippen molar-refractivity contribution in [1.82, 2.24) is 19.4 Å². The Kier molecular flexibility index (Phi) is 6.15. The molecule has 0 spiro atoms. The van der Waals surface area contributed by atoms with Gasteiger partial charge in [0.1, 0.15) is 0 Å². The zero-order valence-corrected chi connectivity index (χ0v) is 18.1. The van der Waals surface area contributed by atoms with E-state index in [1.165, 1.54) is 5.56 Å². The molecule has 3 heterocycles. The summed E-state index contributed by atoms with van der Waals surface area (Å²) in [6.45, 7) is 8.14. The monoisotopic (exact) mass is 413 g/mol. The van der Waals surface area contributed by atoms with Crippen LogP contribution in [0.2, 0.25) is 0 Å². The molecule has 1 aromatic carbocycles. The second-order valence-electron chi connectivity index (χ2n) is 8.06. The number of benzene rings is 1. The van der Waals surface area contributed by atoms with E-state index in [9.17, 15) is 4.79 Å². The number of nitrogens with zero attached hydrogens (tertiary/aromatic N) is 5. The van der Waals surface area contributed by atoms with E-state index in [1.54, 1.807) is 6.20 Å². The molecule has 0 bridgehead atoms. The zero-order valence-electron chi connectivity index (χ0n) is 18.1. The van der Waals surface area contributed by atoms with Gasteiger partial charge < -0.3 is 9.47 Å². The number of aryl methyl sites for hydroxylation is 1. The van der Waals surface area contributed by atoms with Crippen molar-refractivity contribution in [2.45, 2.75) is 26.8 Å². The van der Waals surface area contributed by atoms with Gasteiger partial charge >= 0.3 is 0 Å². The van der Waals surface area contributed by atoms with Crippen molar-refractivity contribution in [2.24, 2.45) is 0 Å². The number of hydrogen-bond acceptors (Lipinski definition) is 4. The zero-order chi connectivity index (χ0) is 21.8. The Balaban J connectivity index is 1.45. The molecular weight excluding hydrogens is 386 g/mol. The summed E-state index contributed by atoms with van der Waals surface area (Å²) in [4.78, 5) is 21.9. The Morgan fingerprint density at radius 1 is 1.10 bits per heavy atom. The van der Waals surface area contributed by atoms with Gasteiger partial charge in [0.25, 0.3) is 5.91 Å². The van der Waals surface area contributed by atoms with Crippen LogP contribution in [-0.2, 0) is 6.54 Å². The van der Waals surface area contributed by atoms with Gasteiger partial charge in [-0.25, -0.2) is 0 Å². The number of amides is 1. The van der Waals surface area contributed by atoms with Crippen LogP contribution in [0.1, 0.15) is 39.3 Å². The van der Waals surface area contributed by atoms with Gasteiger partial charge in [0, 0.05) is 50.3 Å². The minimum Gasteiger partial charge on any atom is -0.337 e. The molecule has 4 rings (SSSR count). The minimum atomic E-state index is 0.100. The molecule has 0 radical (unpaired) electrons. The summed E-state index contributed by atoms with van der Waals surface area (Å²) in [7, 11) is 0. The first kappa shape index (κ1) is 20.8. The van der Waals surface area contributed by atoms with Crippen molar-refractivity contribution in [3.05, 3.63) is 82.9 Å². The van der Waals surface area contributed by atoms with Gasteiger partial charge in [-0.05, 0) is 56.2 Å². The van der Waals surface area contributed by atoms with Crippen LogP contribution in [0, 0.1) is 25.2 Å². The third-order valence-electron chi connectivity index (χ3n) is 5.93. The Hall–Kier alpha value is -3.43. The van der Waals surface area contributed by atoms with Crippen molar-refractivity contribution in [3.8, 4) is 11.8 Å². The minimum absolute atomic E-state index is 0.100. The van der Waals surface area contributed by atoms with Crippen LogP contribution < -0.4 is 0 Å². The van der Waals surface area contributed by atoms with E-state index >= 15 is 0 Å². The molecule has 6 nitrogen and oxygen atoms in total. The highest BCUT2D eigenvalue weighted by Crippen LogP contribution is 2.22. The highest BCUT2D eigenvalue weighted by Gasteiger charge is 2.24. The van der Waals surface area contributed by atoms with E-state index in [1.807, 2.05) is 67.4 Å². The summed E-state index contributed by atoms with van der Waals surface area (Å²) in [5, 5.41) is 8.96. The molecule has 1 saturated heterocycles. The van der Waals surface area contributed by atoms with Gasteiger partial charge in [0.05, 0.1) is 29.1 Å². The number of carbonyl (C=O) groups is 1. The van der Waals surface area contributed by atoms with Crippen molar-refractivity contribution in [2.75, 3.05) is 26.2 Å². The fraction of sp³-hybridized carbons (Fsp3) is 0.320. The van der Waals surface area contributed by atoms with E-state index in [0.717, 1.165) is 55.2 Å². The van der Waals surface area contributed by atoms with Crippen LogP contribution in [0.25, 0.3) is 5.69 Å². The van der Waals surface area contributed by atoms with E-state index in [4.69, 9.17) is 5.26 Å². The smallest absolute Gasteiger partial charge is 0.255 e. The van der Waals surface area contributed by atoms with E-state index in [0.29, 0.717) is 12.1 Å². The molecular formula is C25H27N5O. The molecule has 1 aliphatic heterocycles. The van der Waals surface area contributed by atoms with Crippen molar-refractivity contribution in [3.63, 3.8) is 0 Å². The summed E-state index contributed by atoms with van der Waals surface area (Å²) in [5.41, 5.74) is 5.60. The number of hydrogen-bond donors (Lipinski definition) is 0. The summed E-state index contributed by atoms with van der Waals surface area (Å²) in [6, 6.07) is 15.8. The predicted octanol–water partition coefficient (Wildman–Crippen LogP) is 3.71. The van der Waals surface area contributed by atoms with Gasteiger partial charge in [-0.15, -0.1) is 0 Å². The van der Waals surface area contributed by atoms with Gasteiger partial charge in [-0.3, -0.25) is 14.7 Å². The lowest BCUT2D eigenvalue weighted by molar-refractivity contribution is 0.0760. The fourth-order valence-corrected chi connectivity index (χ4v) is 4.31. The number of nitriles is 1. The largest absolute Gasteiger partial charge is 0.337 e. The normalized spacial score (nSPS) is 14.8. The number of carbonyl (C=O) groups excluding carboxylic acids is 1. The molecule has 31 heavy (non-hydrogen) atoms.